The van der Waals surface area contributed by atoms with Crippen molar-refractivity contribution in [1.82, 2.24) is 0 Å². The summed E-state index contributed by atoms with van der Waals surface area (Å²) in [5.74, 6) is 1.53. The summed E-state index contributed by atoms with van der Waals surface area (Å²) in [7, 11) is 0. The van der Waals surface area contributed by atoms with Crippen LogP contribution in [0.3, 0.4) is 0 Å². The largest absolute Gasteiger partial charge is 0.494 e. The molecular weight excluding hydrogens is 381 g/mol. The lowest BCUT2D eigenvalue weighted by Gasteiger charge is -2.10. The molecule has 0 aliphatic carbocycles. The average Bonchev–Trinajstić information content (AvgIpc) is 2.67. The summed E-state index contributed by atoms with van der Waals surface area (Å²) in [4.78, 5) is 4.51. The molecule has 0 N–H and O–H groups in total. The minimum Gasteiger partial charge on any atom is -0.494 e. The molecule has 0 aliphatic heterocycles. The lowest BCUT2D eigenvalue weighted by Crippen LogP contribution is -1.98. The number of hydrogen-bond acceptors (Lipinski definition) is 3. The molecule has 138 valence electrons. The fourth-order valence-corrected chi connectivity index (χ4v) is 2.87. The second-order valence-electron chi connectivity index (χ2n) is 5.79. The Bertz CT molecular complexity index is 924. The van der Waals surface area contributed by atoms with Crippen LogP contribution in [-0.2, 0) is 6.61 Å². The molecule has 0 saturated carbocycles. The molecule has 3 rings (SSSR count). The van der Waals surface area contributed by atoms with Gasteiger partial charge in [-0.15, -0.1) is 0 Å². The molecular formula is C22H19Cl2NO2. The molecule has 0 radical (unpaired) electrons. The van der Waals surface area contributed by atoms with Gasteiger partial charge in [-0.2, -0.15) is 0 Å². The standard InChI is InChI=1S/C22H19Cl2NO2/c1-2-26-21-9-7-20(8-10-21)25-14-17-13-19(24)6-11-22(17)27-15-16-4-3-5-18(23)12-16/h3-14H,2,15H2,1H3. The van der Waals surface area contributed by atoms with Crippen LogP contribution in [0.25, 0.3) is 0 Å². The van der Waals surface area contributed by atoms with E-state index in [1.54, 1.807) is 12.3 Å². The van der Waals surface area contributed by atoms with Gasteiger partial charge in [-0.05, 0) is 67.1 Å². The predicted octanol–water partition coefficient (Wildman–Crippen LogP) is 6.72. The van der Waals surface area contributed by atoms with E-state index in [-0.39, 0.29) is 0 Å². The summed E-state index contributed by atoms with van der Waals surface area (Å²) >= 11 is 12.2. The van der Waals surface area contributed by atoms with Gasteiger partial charge in [-0.1, -0.05) is 35.3 Å². The highest BCUT2D eigenvalue weighted by Gasteiger charge is 2.04. The van der Waals surface area contributed by atoms with Gasteiger partial charge in [-0.25, -0.2) is 0 Å². The van der Waals surface area contributed by atoms with E-state index in [0.29, 0.717) is 29.0 Å². The third kappa shape index (κ3) is 5.75. The molecule has 0 fully saturated rings. The zero-order valence-corrected chi connectivity index (χ0v) is 16.4. The first-order valence-corrected chi connectivity index (χ1v) is 9.33. The topological polar surface area (TPSA) is 30.8 Å². The molecule has 0 bridgehead atoms. The molecule has 3 nitrogen and oxygen atoms in total. The van der Waals surface area contributed by atoms with Crippen molar-refractivity contribution in [3.05, 3.63) is 87.9 Å². The van der Waals surface area contributed by atoms with Crippen LogP contribution in [0.4, 0.5) is 5.69 Å². The van der Waals surface area contributed by atoms with E-state index >= 15 is 0 Å². The van der Waals surface area contributed by atoms with Gasteiger partial charge in [0, 0.05) is 21.8 Å². The number of benzene rings is 3. The maximum absolute atomic E-state index is 6.14. The first-order chi connectivity index (χ1) is 13.1. The van der Waals surface area contributed by atoms with Crippen LogP contribution in [0.2, 0.25) is 10.0 Å². The van der Waals surface area contributed by atoms with Crippen molar-refractivity contribution < 1.29 is 9.47 Å². The molecule has 27 heavy (non-hydrogen) atoms. The summed E-state index contributed by atoms with van der Waals surface area (Å²) in [6.07, 6.45) is 1.74. The van der Waals surface area contributed by atoms with E-state index in [4.69, 9.17) is 32.7 Å². The molecule has 0 aliphatic rings. The molecule has 0 unspecified atom stereocenters. The summed E-state index contributed by atoms with van der Waals surface area (Å²) in [6.45, 7) is 3.00. The Kier molecular flexibility index (Phi) is 6.74. The third-order valence-corrected chi connectivity index (χ3v) is 4.23. The number of rotatable bonds is 7. The van der Waals surface area contributed by atoms with E-state index < -0.39 is 0 Å². The second kappa shape index (κ2) is 9.45. The summed E-state index contributed by atoms with van der Waals surface area (Å²) in [6, 6.07) is 20.6. The van der Waals surface area contributed by atoms with Gasteiger partial charge in [0.2, 0.25) is 0 Å². The normalized spacial score (nSPS) is 10.9. The highest BCUT2D eigenvalue weighted by molar-refractivity contribution is 6.31. The molecule has 0 atom stereocenters. The van der Waals surface area contributed by atoms with Crippen molar-refractivity contribution in [2.45, 2.75) is 13.5 Å². The minimum absolute atomic E-state index is 0.409. The monoisotopic (exact) mass is 399 g/mol. The van der Waals surface area contributed by atoms with Gasteiger partial charge in [0.15, 0.2) is 0 Å². The van der Waals surface area contributed by atoms with E-state index in [9.17, 15) is 0 Å². The molecule has 3 aromatic carbocycles. The Morgan fingerprint density at radius 2 is 1.67 bits per heavy atom. The van der Waals surface area contributed by atoms with Crippen molar-refractivity contribution in [2.75, 3.05) is 6.61 Å². The lowest BCUT2D eigenvalue weighted by molar-refractivity contribution is 0.306. The first kappa shape index (κ1) is 19.3. The van der Waals surface area contributed by atoms with Crippen LogP contribution < -0.4 is 9.47 Å². The van der Waals surface area contributed by atoms with Crippen LogP contribution >= 0.6 is 23.2 Å². The molecule has 3 aromatic rings. The molecule has 5 heteroatoms. The molecule has 0 aromatic heterocycles. The van der Waals surface area contributed by atoms with Crippen LogP contribution in [0.1, 0.15) is 18.1 Å². The number of aliphatic imine (C=N–C) groups is 1. The smallest absolute Gasteiger partial charge is 0.128 e. The Balaban J connectivity index is 1.75. The summed E-state index contributed by atoms with van der Waals surface area (Å²) in [5.41, 5.74) is 2.62. The molecule has 0 spiro atoms. The quantitative estimate of drug-likeness (QED) is 0.412. The Morgan fingerprint density at radius 1 is 0.889 bits per heavy atom. The molecule has 0 amide bonds. The summed E-state index contributed by atoms with van der Waals surface area (Å²) < 4.78 is 11.4. The van der Waals surface area contributed by atoms with Gasteiger partial charge in [-0.3, -0.25) is 4.99 Å². The van der Waals surface area contributed by atoms with Crippen LogP contribution in [0, 0.1) is 0 Å². The Labute approximate surface area is 169 Å². The van der Waals surface area contributed by atoms with Gasteiger partial charge < -0.3 is 9.47 Å². The fourth-order valence-electron chi connectivity index (χ4n) is 2.48. The van der Waals surface area contributed by atoms with E-state index in [0.717, 1.165) is 22.6 Å². The number of hydrogen-bond donors (Lipinski definition) is 0. The van der Waals surface area contributed by atoms with Crippen molar-refractivity contribution >= 4 is 35.1 Å². The van der Waals surface area contributed by atoms with E-state index in [1.165, 1.54) is 0 Å². The first-order valence-electron chi connectivity index (χ1n) is 8.58. The second-order valence-corrected chi connectivity index (χ2v) is 6.66. The van der Waals surface area contributed by atoms with Gasteiger partial charge >= 0.3 is 0 Å². The van der Waals surface area contributed by atoms with Crippen molar-refractivity contribution in [2.24, 2.45) is 4.99 Å². The Morgan fingerprint density at radius 3 is 2.41 bits per heavy atom. The fraction of sp³-hybridized carbons (Fsp3) is 0.136. The van der Waals surface area contributed by atoms with Gasteiger partial charge in [0.1, 0.15) is 18.1 Å². The molecule has 0 heterocycles. The third-order valence-electron chi connectivity index (χ3n) is 3.76. The van der Waals surface area contributed by atoms with Gasteiger partial charge in [0.25, 0.3) is 0 Å². The number of nitrogens with zero attached hydrogens (tertiary/aromatic N) is 1. The molecule has 0 saturated heterocycles. The zero-order valence-electron chi connectivity index (χ0n) is 14.9. The van der Waals surface area contributed by atoms with Gasteiger partial charge in [0.05, 0.1) is 12.3 Å². The predicted molar refractivity (Wildman–Crippen MR) is 112 cm³/mol. The average molecular weight is 400 g/mol. The summed E-state index contributed by atoms with van der Waals surface area (Å²) in [5, 5.41) is 1.31. The van der Waals surface area contributed by atoms with Crippen LogP contribution in [-0.4, -0.2) is 12.8 Å². The minimum atomic E-state index is 0.409. The maximum Gasteiger partial charge on any atom is 0.128 e. The zero-order chi connectivity index (χ0) is 19.1. The SMILES string of the molecule is CCOc1ccc(N=Cc2cc(Cl)ccc2OCc2cccc(Cl)c2)cc1. The highest BCUT2D eigenvalue weighted by atomic mass is 35.5. The number of ether oxygens (including phenoxy) is 2. The van der Waals surface area contributed by atoms with Crippen LogP contribution in [0.5, 0.6) is 11.5 Å². The van der Waals surface area contributed by atoms with Crippen molar-refractivity contribution in [3.8, 4) is 11.5 Å². The lowest BCUT2D eigenvalue weighted by atomic mass is 10.2. The van der Waals surface area contributed by atoms with Crippen molar-refractivity contribution in [3.63, 3.8) is 0 Å². The van der Waals surface area contributed by atoms with Crippen molar-refractivity contribution in [1.29, 1.82) is 0 Å². The number of halogens is 2. The van der Waals surface area contributed by atoms with E-state index in [1.807, 2.05) is 67.6 Å². The highest BCUT2D eigenvalue weighted by Crippen LogP contribution is 2.24. The Hall–Kier alpha value is -2.49. The van der Waals surface area contributed by atoms with E-state index in [2.05, 4.69) is 4.99 Å². The maximum atomic E-state index is 6.14. The van der Waals surface area contributed by atoms with Crippen LogP contribution in [0.15, 0.2) is 71.7 Å².